The zero-order valence-corrected chi connectivity index (χ0v) is 9.12. The first-order valence-corrected chi connectivity index (χ1v) is 4.53. The molecule has 1 aromatic rings. The Bertz CT molecular complexity index is 425. The molecule has 0 fully saturated rings. The third-order valence-corrected chi connectivity index (χ3v) is 2.12. The van der Waals surface area contributed by atoms with Crippen molar-refractivity contribution in [2.24, 2.45) is 5.22 Å². The lowest BCUT2D eigenvalue weighted by molar-refractivity contribution is -0.642. The van der Waals surface area contributed by atoms with Crippen molar-refractivity contribution in [3.63, 3.8) is 0 Å². The zero-order chi connectivity index (χ0) is 11.6. The normalized spacial score (nSPS) is 11.5. The zero-order valence-electron chi connectivity index (χ0n) is 6.85. The Balaban J connectivity index is 3.32. The highest BCUT2D eigenvalue weighted by atomic mass is 35.5. The lowest BCUT2D eigenvalue weighted by atomic mass is 10.3. The topological polar surface area (TPSA) is 81.6 Å². The monoisotopic (exact) mass is 269 g/mol. The predicted molar refractivity (Wildman–Crippen MR) is 54.2 cm³/mol. The Morgan fingerprint density at radius 3 is 2.00 bits per heavy atom. The van der Waals surface area contributed by atoms with Gasteiger partial charge >= 0.3 is 5.22 Å². The van der Waals surface area contributed by atoms with Crippen LogP contribution in [0.4, 0.5) is 5.69 Å². The maximum Gasteiger partial charge on any atom is 0.349 e. The van der Waals surface area contributed by atoms with Gasteiger partial charge in [0.25, 0.3) is 10.7 Å². The minimum atomic E-state index is -1.16. The molecule has 0 aromatic heterocycles. The standard InChI is InChI=1S/C6H2Cl3N3O3/c7-3-1-4(8)6(5(9)2-3)11(13)10-12(14)15/h1-2H. The first kappa shape index (κ1) is 12.0. The fourth-order valence-corrected chi connectivity index (χ4v) is 1.79. The quantitative estimate of drug-likeness (QED) is 0.357. The molecular weight excluding hydrogens is 268 g/mol. The first-order chi connectivity index (χ1) is 6.91. The van der Waals surface area contributed by atoms with Gasteiger partial charge in [-0.3, -0.25) is 0 Å². The summed E-state index contributed by atoms with van der Waals surface area (Å²) in [5.74, 6) is 0. The lowest BCUT2D eigenvalue weighted by Gasteiger charge is -2.01. The average Bonchev–Trinajstić information content (AvgIpc) is 1.99. The van der Waals surface area contributed by atoms with Crippen molar-refractivity contribution in [1.29, 1.82) is 0 Å². The van der Waals surface area contributed by atoms with E-state index in [9.17, 15) is 15.3 Å². The van der Waals surface area contributed by atoms with Gasteiger partial charge in [0.2, 0.25) is 0 Å². The van der Waals surface area contributed by atoms with E-state index in [0.717, 1.165) is 0 Å². The highest BCUT2D eigenvalue weighted by Gasteiger charge is 2.19. The van der Waals surface area contributed by atoms with Crippen molar-refractivity contribution in [3.05, 3.63) is 42.5 Å². The molecule has 1 aromatic carbocycles. The highest BCUT2D eigenvalue weighted by Crippen LogP contribution is 2.35. The van der Waals surface area contributed by atoms with Crippen molar-refractivity contribution in [3.8, 4) is 0 Å². The Morgan fingerprint density at radius 2 is 1.60 bits per heavy atom. The molecule has 0 aliphatic carbocycles. The van der Waals surface area contributed by atoms with E-state index >= 15 is 0 Å². The van der Waals surface area contributed by atoms with Gasteiger partial charge in [-0.25, -0.2) is 10.1 Å². The Labute approximate surface area is 98.4 Å². The summed E-state index contributed by atoms with van der Waals surface area (Å²) in [6, 6.07) is 2.45. The predicted octanol–water partition coefficient (Wildman–Crippen LogP) is 3.43. The van der Waals surface area contributed by atoms with Crippen LogP contribution in [0.15, 0.2) is 17.4 Å². The first-order valence-electron chi connectivity index (χ1n) is 3.39. The summed E-state index contributed by atoms with van der Waals surface area (Å²) in [6.07, 6.45) is 0. The van der Waals surface area contributed by atoms with Gasteiger partial charge in [0.05, 0.1) is 0 Å². The van der Waals surface area contributed by atoms with Gasteiger partial charge in [-0.05, 0) is 12.1 Å². The molecule has 0 saturated heterocycles. The number of rotatable bonds is 2. The summed E-state index contributed by atoms with van der Waals surface area (Å²) in [6.45, 7) is 0. The van der Waals surface area contributed by atoms with Gasteiger partial charge in [0.15, 0.2) is 0 Å². The Morgan fingerprint density at radius 1 is 1.13 bits per heavy atom. The molecule has 0 saturated carbocycles. The van der Waals surface area contributed by atoms with Crippen LogP contribution in [0.25, 0.3) is 0 Å². The molecule has 9 heteroatoms. The second-order valence-corrected chi connectivity index (χ2v) is 3.57. The van der Waals surface area contributed by atoms with Crippen molar-refractivity contribution in [2.75, 3.05) is 0 Å². The van der Waals surface area contributed by atoms with Crippen LogP contribution in [0.2, 0.25) is 15.1 Å². The number of benzene rings is 1. The maximum atomic E-state index is 11.1. The molecule has 0 aliphatic rings. The summed E-state index contributed by atoms with van der Waals surface area (Å²) in [7, 11) is 0. The molecule has 80 valence electrons. The van der Waals surface area contributed by atoms with E-state index in [1.165, 1.54) is 12.1 Å². The van der Waals surface area contributed by atoms with Crippen molar-refractivity contribution >= 4 is 40.5 Å². The van der Waals surface area contributed by atoms with Crippen molar-refractivity contribution < 1.29 is 9.89 Å². The average molecular weight is 270 g/mol. The summed E-state index contributed by atoms with van der Waals surface area (Å²) < 4.78 is 0. The highest BCUT2D eigenvalue weighted by molar-refractivity contribution is 6.40. The molecule has 0 bridgehead atoms. The summed E-state index contributed by atoms with van der Waals surface area (Å²) in [5.41, 5.74) is -0.320. The van der Waals surface area contributed by atoms with Crippen LogP contribution in [0, 0.1) is 15.3 Å². The fourth-order valence-electron chi connectivity index (χ4n) is 0.828. The molecule has 1 rings (SSSR count). The molecule has 0 amide bonds. The molecule has 6 nitrogen and oxygen atoms in total. The third kappa shape index (κ3) is 2.92. The van der Waals surface area contributed by atoms with Crippen LogP contribution in [0.1, 0.15) is 0 Å². The van der Waals surface area contributed by atoms with E-state index in [1.807, 2.05) is 0 Å². The Hall–Kier alpha value is -1.11. The van der Waals surface area contributed by atoms with Crippen molar-refractivity contribution in [1.82, 2.24) is 0 Å². The van der Waals surface area contributed by atoms with Crippen LogP contribution in [-0.4, -0.2) is 9.89 Å². The molecule has 0 aliphatic heterocycles. The Kier molecular flexibility index (Phi) is 3.67. The SMILES string of the molecule is O=[N+]([O-])N=[N+]([O-])c1c(Cl)cc(Cl)cc1Cl. The number of nitrogens with zero attached hydrogens (tertiary/aromatic N) is 3. The van der Waals surface area contributed by atoms with Gasteiger partial charge in [-0.1, -0.05) is 34.8 Å². The molecule has 0 unspecified atom stereocenters. The molecule has 0 spiro atoms. The second-order valence-electron chi connectivity index (χ2n) is 2.32. The number of nitro groups is 1. The van der Waals surface area contributed by atoms with E-state index in [-0.39, 0.29) is 25.6 Å². The van der Waals surface area contributed by atoms with Crippen LogP contribution < -0.4 is 0 Å². The number of hydrogen-bond acceptors (Lipinski definition) is 3. The van der Waals surface area contributed by atoms with E-state index in [4.69, 9.17) is 34.8 Å². The molecule has 0 N–H and O–H groups in total. The minimum absolute atomic E-state index is 0.117. The largest absolute Gasteiger partial charge is 0.590 e. The van der Waals surface area contributed by atoms with Gasteiger partial charge in [0.1, 0.15) is 10.0 Å². The van der Waals surface area contributed by atoms with E-state index in [0.29, 0.717) is 0 Å². The number of hydrogen-bond donors (Lipinski definition) is 0. The van der Waals surface area contributed by atoms with E-state index < -0.39 is 5.03 Å². The summed E-state index contributed by atoms with van der Waals surface area (Å²) in [4.78, 5) is 9.68. The third-order valence-electron chi connectivity index (χ3n) is 1.33. The van der Waals surface area contributed by atoms with Crippen molar-refractivity contribution in [2.45, 2.75) is 0 Å². The molecule has 15 heavy (non-hydrogen) atoms. The van der Waals surface area contributed by atoms with E-state index in [2.05, 4.69) is 5.22 Å². The molecule has 0 heterocycles. The lowest BCUT2D eigenvalue weighted by Crippen LogP contribution is -1.98. The maximum absolute atomic E-state index is 11.1. The second kappa shape index (κ2) is 4.61. The van der Waals surface area contributed by atoms with Gasteiger partial charge < -0.3 is 5.21 Å². The molecule has 0 radical (unpaired) electrons. The summed E-state index contributed by atoms with van der Waals surface area (Å²) in [5, 5.41) is 22.4. The van der Waals surface area contributed by atoms with Gasteiger partial charge in [-0.2, -0.15) is 0 Å². The van der Waals surface area contributed by atoms with Gasteiger partial charge in [0, 0.05) is 9.88 Å². The smallest absolute Gasteiger partial charge is 0.349 e. The minimum Gasteiger partial charge on any atom is -0.590 e. The molecular formula is C6H2Cl3N3O3. The van der Waals surface area contributed by atoms with Crippen LogP contribution in [0.3, 0.4) is 0 Å². The van der Waals surface area contributed by atoms with Gasteiger partial charge in [-0.15, -0.1) is 0 Å². The van der Waals surface area contributed by atoms with Crippen LogP contribution in [0.5, 0.6) is 0 Å². The fraction of sp³-hybridized carbons (Fsp3) is 0. The van der Waals surface area contributed by atoms with Crippen LogP contribution in [-0.2, 0) is 0 Å². The number of halogens is 3. The van der Waals surface area contributed by atoms with Crippen LogP contribution >= 0.6 is 34.8 Å². The van der Waals surface area contributed by atoms with E-state index in [1.54, 1.807) is 0 Å². The molecule has 0 atom stereocenters. The summed E-state index contributed by atoms with van der Waals surface area (Å²) >= 11 is 16.8.